The van der Waals surface area contributed by atoms with E-state index in [0.29, 0.717) is 6.04 Å². The van der Waals surface area contributed by atoms with Crippen LogP contribution >= 0.6 is 15.9 Å². The second kappa shape index (κ2) is 7.04. The van der Waals surface area contributed by atoms with Crippen molar-refractivity contribution < 1.29 is 0 Å². The molecule has 3 nitrogen and oxygen atoms in total. The van der Waals surface area contributed by atoms with Crippen LogP contribution in [0.3, 0.4) is 0 Å². The SMILES string of the molecule is CCCNC(Cc1ccn(C)n1)c1cc(Br)ccc1C. The van der Waals surface area contributed by atoms with Crippen molar-refractivity contribution in [1.29, 1.82) is 0 Å². The fourth-order valence-corrected chi connectivity index (χ4v) is 2.76. The summed E-state index contributed by atoms with van der Waals surface area (Å²) in [6, 6.07) is 8.87. The van der Waals surface area contributed by atoms with Gasteiger partial charge in [0.2, 0.25) is 0 Å². The van der Waals surface area contributed by atoms with Crippen molar-refractivity contribution in [2.45, 2.75) is 32.7 Å². The van der Waals surface area contributed by atoms with E-state index in [2.05, 4.69) is 64.5 Å². The molecule has 1 aromatic carbocycles. The third kappa shape index (κ3) is 3.93. The minimum absolute atomic E-state index is 0.308. The fourth-order valence-electron chi connectivity index (χ4n) is 2.38. The van der Waals surface area contributed by atoms with Crippen LogP contribution in [-0.2, 0) is 13.5 Å². The van der Waals surface area contributed by atoms with E-state index >= 15 is 0 Å². The van der Waals surface area contributed by atoms with E-state index in [9.17, 15) is 0 Å². The Balaban J connectivity index is 2.24. The highest BCUT2D eigenvalue weighted by Gasteiger charge is 2.15. The molecular weight excluding hydrogens is 314 g/mol. The highest BCUT2D eigenvalue weighted by atomic mass is 79.9. The summed E-state index contributed by atoms with van der Waals surface area (Å²) >= 11 is 3.57. The zero-order chi connectivity index (χ0) is 14.5. The first-order chi connectivity index (χ1) is 9.60. The second-order valence-corrected chi connectivity index (χ2v) is 6.11. The first kappa shape index (κ1) is 15.3. The van der Waals surface area contributed by atoms with Crippen molar-refractivity contribution >= 4 is 15.9 Å². The molecule has 1 atom stereocenters. The lowest BCUT2D eigenvalue weighted by Gasteiger charge is -2.20. The van der Waals surface area contributed by atoms with Crippen molar-refractivity contribution in [1.82, 2.24) is 15.1 Å². The molecule has 0 fully saturated rings. The maximum Gasteiger partial charge on any atom is 0.0643 e. The van der Waals surface area contributed by atoms with Gasteiger partial charge < -0.3 is 5.32 Å². The summed E-state index contributed by atoms with van der Waals surface area (Å²) in [6.07, 6.45) is 4.05. The van der Waals surface area contributed by atoms with Gasteiger partial charge >= 0.3 is 0 Å². The highest BCUT2D eigenvalue weighted by molar-refractivity contribution is 9.10. The Bertz CT molecular complexity index is 563. The summed E-state index contributed by atoms with van der Waals surface area (Å²) in [7, 11) is 1.96. The smallest absolute Gasteiger partial charge is 0.0643 e. The lowest BCUT2D eigenvalue weighted by molar-refractivity contribution is 0.519. The summed E-state index contributed by atoms with van der Waals surface area (Å²) in [5, 5.41) is 8.14. The number of aryl methyl sites for hydroxylation is 2. The Labute approximate surface area is 129 Å². The average Bonchev–Trinajstić information content (AvgIpc) is 2.83. The van der Waals surface area contributed by atoms with Gasteiger partial charge in [-0.05, 0) is 49.2 Å². The number of hydrogen-bond donors (Lipinski definition) is 1. The molecule has 0 aliphatic rings. The Morgan fingerprint density at radius 2 is 2.15 bits per heavy atom. The van der Waals surface area contributed by atoms with Gasteiger partial charge in [-0.2, -0.15) is 5.10 Å². The standard InChI is InChI=1S/C16H22BrN3/c1-4-8-18-16(11-14-7-9-20(3)19-14)15-10-13(17)6-5-12(15)2/h5-7,9-10,16,18H,4,8,11H2,1-3H3. The zero-order valence-corrected chi connectivity index (χ0v) is 13.9. The maximum atomic E-state index is 4.50. The summed E-state index contributed by atoms with van der Waals surface area (Å²) < 4.78 is 2.99. The topological polar surface area (TPSA) is 29.9 Å². The molecule has 0 aliphatic carbocycles. The van der Waals surface area contributed by atoms with E-state index in [1.807, 2.05) is 17.9 Å². The van der Waals surface area contributed by atoms with Gasteiger partial charge in [0.05, 0.1) is 5.69 Å². The number of hydrogen-bond acceptors (Lipinski definition) is 2. The maximum absolute atomic E-state index is 4.50. The molecule has 20 heavy (non-hydrogen) atoms. The Kier molecular flexibility index (Phi) is 5.38. The molecule has 0 aliphatic heterocycles. The van der Waals surface area contributed by atoms with Gasteiger partial charge in [0.15, 0.2) is 0 Å². The van der Waals surface area contributed by atoms with Crippen molar-refractivity contribution in [2.24, 2.45) is 7.05 Å². The van der Waals surface area contributed by atoms with Crippen LogP contribution in [0.2, 0.25) is 0 Å². The molecular formula is C16H22BrN3. The third-order valence-electron chi connectivity index (χ3n) is 3.44. The predicted octanol–water partition coefficient (Wildman–Crippen LogP) is 3.77. The van der Waals surface area contributed by atoms with Gasteiger partial charge in [-0.3, -0.25) is 4.68 Å². The lowest BCUT2D eigenvalue weighted by atomic mass is 9.97. The third-order valence-corrected chi connectivity index (χ3v) is 3.93. The number of halogens is 1. The van der Waals surface area contributed by atoms with Crippen LogP contribution in [0.5, 0.6) is 0 Å². The molecule has 2 aromatic rings. The Morgan fingerprint density at radius 3 is 2.80 bits per heavy atom. The van der Waals surface area contributed by atoms with Gasteiger partial charge in [-0.1, -0.05) is 28.9 Å². The number of benzene rings is 1. The molecule has 1 N–H and O–H groups in total. The first-order valence-corrected chi connectivity index (χ1v) is 7.87. The normalized spacial score (nSPS) is 12.6. The van der Waals surface area contributed by atoms with Gasteiger partial charge in [0.25, 0.3) is 0 Å². The number of nitrogens with one attached hydrogen (secondary N) is 1. The van der Waals surface area contributed by atoms with Crippen molar-refractivity contribution in [2.75, 3.05) is 6.54 Å². The molecule has 0 saturated carbocycles. The molecule has 1 heterocycles. The van der Waals surface area contributed by atoms with Gasteiger partial charge in [-0.15, -0.1) is 0 Å². The van der Waals surface area contributed by atoms with E-state index in [0.717, 1.165) is 29.6 Å². The van der Waals surface area contributed by atoms with E-state index in [1.165, 1.54) is 11.1 Å². The highest BCUT2D eigenvalue weighted by Crippen LogP contribution is 2.25. The minimum Gasteiger partial charge on any atom is -0.310 e. The van der Waals surface area contributed by atoms with Gasteiger partial charge in [-0.25, -0.2) is 0 Å². The summed E-state index contributed by atoms with van der Waals surface area (Å²) in [6.45, 7) is 5.38. The molecule has 0 amide bonds. The fraction of sp³-hybridized carbons (Fsp3) is 0.438. The van der Waals surface area contributed by atoms with Crippen LogP contribution < -0.4 is 5.32 Å². The molecule has 1 aromatic heterocycles. The predicted molar refractivity (Wildman–Crippen MR) is 86.8 cm³/mol. The number of nitrogens with zero attached hydrogens (tertiary/aromatic N) is 2. The van der Waals surface area contributed by atoms with Crippen molar-refractivity contribution in [3.8, 4) is 0 Å². The monoisotopic (exact) mass is 335 g/mol. The second-order valence-electron chi connectivity index (χ2n) is 5.19. The Morgan fingerprint density at radius 1 is 1.35 bits per heavy atom. The summed E-state index contributed by atoms with van der Waals surface area (Å²) in [5.41, 5.74) is 3.79. The zero-order valence-electron chi connectivity index (χ0n) is 12.4. The molecule has 108 valence electrons. The largest absolute Gasteiger partial charge is 0.310 e. The van der Waals surface area contributed by atoms with Crippen molar-refractivity contribution in [3.63, 3.8) is 0 Å². The van der Waals surface area contributed by atoms with E-state index in [-0.39, 0.29) is 0 Å². The lowest BCUT2D eigenvalue weighted by Crippen LogP contribution is -2.25. The van der Waals surface area contributed by atoms with E-state index < -0.39 is 0 Å². The molecule has 0 radical (unpaired) electrons. The Hall–Kier alpha value is -1.13. The van der Waals surface area contributed by atoms with Gasteiger partial charge in [0.1, 0.15) is 0 Å². The van der Waals surface area contributed by atoms with Crippen LogP contribution in [0.15, 0.2) is 34.9 Å². The minimum atomic E-state index is 0.308. The van der Waals surface area contributed by atoms with Crippen LogP contribution in [0, 0.1) is 6.92 Å². The van der Waals surface area contributed by atoms with Crippen LogP contribution in [0.25, 0.3) is 0 Å². The van der Waals surface area contributed by atoms with Crippen molar-refractivity contribution in [3.05, 3.63) is 51.8 Å². The molecule has 2 rings (SSSR count). The average molecular weight is 336 g/mol. The molecule has 0 spiro atoms. The molecule has 4 heteroatoms. The quantitative estimate of drug-likeness (QED) is 0.870. The summed E-state index contributed by atoms with van der Waals surface area (Å²) in [4.78, 5) is 0. The van der Waals surface area contributed by atoms with Crippen LogP contribution in [-0.4, -0.2) is 16.3 Å². The van der Waals surface area contributed by atoms with E-state index in [1.54, 1.807) is 0 Å². The number of rotatable bonds is 6. The number of aromatic nitrogens is 2. The molecule has 0 saturated heterocycles. The first-order valence-electron chi connectivity index (χ1n) is 7.08. The molecule has 1 unspecified atom stereocenters. The van der Waals surface area contributed by atoms with Crippen LogP contribution in [0.4, 0.5) is 0 Å². The van der Waals surface area contributed by atoms with Gasteiger partial charge in [0, 0.05) is 30.2 Å². The molecule has 0 bridgehead atoms. The summed E-state index contributed by atoms with van der Waals surface area (Å²) in [5.74, 6) is 0. The van der Waals surface area contributed by atoms with E-state index in [4.69, 9.17) is 0 Å². The van der Waals surface area contributed by atoms with Crippen LogP contribution in [0.1, 0.15) is 36.2 Å².